The first-order valence-corrected chi connectivity index (χ1v) is 5.48. The summed E-state index contributed by atoms with van der Waals surface area (Å²) in [5.41, 5.74) is 4.46. The van der Waals surface area contributed by atoms with E-state index in [1.54, 1.807) is 12.4 Å². The number of thioether (sulfide) groups is 1. The van der Waals surface area contributed by atoms with E-state index in [0.717, 1.165) is 5.16 Å². The molecule has 2 unspecified atom stereocenters. The molecular weight excluding hydrogens is 214 g/mol. The van der Waals surface area contributed by atoms with Gasteiger partial charge in [-0.1, -0.05) is 18.7 Å². The molecular formula is C9H15N3O2S. The molecule has 0 amide bonds. The van der Waals surface area contributed by atoms with Gasteiger partial charge in [0.05, 0.1) is 0 Å². The van der Waals surface area contributed by atoms with Crippen molar-refractivity contribution in [2.45, 2.75) is 36.2 Å². The molecule has 0 aromatic carbocycles. The van der Waals surface area contributed by atoms with E-state index in [1.807, 2.05) is 6.92 Å². The zero-order valence-electron chi connectivity index (χ0n) is 8.73. The number of carboxylic acid groups (broad SMARTS) is 1. The highest BCUT2D eigenvalue weighted by molar-refractivity contribution is 7.99. The largest absolute Gasteiger partial charge is 0.480 e. The lowest BCUT2D eigenvalue weighted by Crippen LogP contribution is -2.46. The summed E-state index contributed by atoms with van der Waals surface area (Å²) in [5.74, 6) is -0.977. The summed E-state index contributed by atoms with van der Waals surface area (Å²) in [6.07, 6.45) is 3.79. The lowest BCUT2D eigenvalue weighted by molar-refractivity contribution is -0.142. The molecule has 1 aromatic heterocycles. The molecule has 0 aliphatic rings. The highest BCUT2D eigenvalue weighted by atomic mass is 32.2. The first-order chi connectivity index (χ1) is 6.92. The van der Waals surface area contributed by atoms with Crippen LogP contribution in [-0.4, -0.2) is 31.8 Å². The maximum atomic E-state index is 10.8. The summed E-state index contributed by atoms with van der Waals surface area (Å²) in [6.45, 7) is 3.45. The first kappa shape index (κ1) is 12.1. The Labute approximate surface area is 92.5 Å². The normalized spacial score (nSPS) is 17.0. The van der Waals surface area contributed by atoms with Gasteiger partial charge in [-0.2, -0.15) is 0 Å². The van der Waals surface area contributed by atoms with E-state index in [-0.39, 0.29) is 5.25 Å². The van der Waals surface area contributed by atoms with Gasteiger partial charge >= 0.3 is 5.97 Å². The lowest BCUT2D eigenvalue weighted by atomic mass is 9.98. The van der Waals surface area contributed by atoms with E-state index in [0.29, 0.717) is 6.42 Å². The van der Waals surface area contributed by atoms with Crippen molar-refractivity contribution in [2.24, 2.45) is 5.73 Å². The molecule has 0 aliphatic carbocycles. The third-order valence-electron chi connectivity index (χ3n) is 1.99. The Bertz CT molecular complexity index is 324. The van der Waals surface area contributed by atoms with Gasteiger partial charge in [-0.25, -0.2) is 4.98 Å². The van der Waals surface area contributed by atoms with Crippen molar-refractivity contribution in [3.63, 3.8) is 0 Å². The quantitative estimate of drug-likeness (QED) is 0.657. The van der Waals surface area contributed by atoms with Gasteiger partial charge in [0.2, 0.25) is 0 Å². The van der Waals surface area contributed by atoms with E-state index in [1.165, 1.54) is 18.7 Å². The van der Waals surface area contributed by atoms with Gasteiger partial charge < -0.3 is 15.8 Å². The second-order valence-corrected chi connectivity index (χ2v) is 5.18. The predicted molar refractivity (Wildman–Crippen MR) is 58.8 cm³/mol. The predicted octanol–water partition coefficient (Wildman–Crippen LogP) is 1.08. The van der Waals surface area contributed by atoms with Gasteiger partial charge in [0.15, 0.2) is 5.16 Å². The molecule has 0 saturated heterocycles. The summed E-state index contributed by atoms with van der Waals surface area (Å²) in [5, 5.41) is 9.74. The van der Waals surface area contributed by atoms with Gasteiger partial charge in [0.1, 0.15) is 5.54 Å². The van der Waals surface area contributed by atoms with Crippen molar-refractivity contribution in [3.8, 4) is 0 Å². The Morgan fingerprint density at radius 1 is 1.87 bits per heavy atom. The maximum absolute atomic E-state index is 10.8. The number of nitrogens with zero attached hydrogens (tertiary/aromatic N) is 1. The number of hydrogen-bond acceptors (Lipinski definition) is 4. The minimum atomic E-state index is -1.18. The summed E-state index contributed by atoms with van der Waals surface area (Å²) in [4.78, 5) is 17.8. The summed E-state index contributed by atoms with van der Waals surface area (Å²) >= 11 is 1.48. The van der Waals surface area contributed by atoms with E-state index < -0.39 is 11.5 Å². The van der Waals surface area contributed by atoms with Crippen molar-refractivity contribution >= 4 is 17.7 Å². The van der Waals surface area contributed by atoms with Crippen molar-refractivity contribution in [3.05, 3.63) is 12.4 Å². The highest BCUT2D eigenvalue weighted by Crippen LogP contribution is 2.25. The third kappa shape index (κ3) is 3.56. The van der Waals surface area contributed by atoms with Gasteiger partial charge in [-0.15, -0.1) is 0 Å². The first-order valence-electron chi connectivity index (χ1n) is 4.60. The van der Waals surface area contributed by atoms with Crippen LogP contribution in [0.3, 0.4) is 0 Å². The smallest absolute Gasteiger partial charge is 0.323 e. The number of nitrogens with two attached hydrogens (primary N) is 1. The number of nitrogens with one attached hydrogen (secondary N) is 1. The lowest BCUT2D eigenvalue weighted by Gasteiger charge is -2.22. The molecule has 0 fully saturated rings. The summed E-state index contributed by atoms with van der Waals surface area (Å²) < 4.78 is 0. The van der Waals surface area contributed by atoms with Crippen LogP contribution in [-0.2, 0) is 4.79 Å². The highest BCUT2D eigenvalue weighted by Gasteiger charge is 2.30. The fourth-order valence-electron chi connectivity index (χ4n) is 1.23. The second-order valence-electron chi connectivity index (χ2n) is 3.75. The molecule has 0 spiro atoms. The number of aromatic nitrogens is 2. The third-order valence-corrected chi connectivity index (χ3v) is 3.00. The summed E-state index contributed by atoms with van der Waals surface area (Å²) in [7, 11) is 0. The molecule has 0 bridgehead atoms. The van der Waals surface area contributed by atoms with Crippen molar-refractivity contribution in [2.75, 3.05) is 0 Å². The molecule has 0 saturated carbocycles. The molecule has 6 heteroatoms. The standard InChI is InChI=1S/C9H15N3O2S/c1-6(5-9(2,10)7(13)14)15-8-11-3-4-12-8/h3-4,6H,5,10H2,1-2H3,(H,11,12)(H,13,14). The summed E-state index contributed by atoms with van der Waals surface area (Å²) in [6, 6.07) is 0. The molecule has 0 aliphatic heterocycles. The second kappa shape index (κ2) is 4.67. The molecule has 5 nitrogen and oxygen atoms in total. The Kier molecular flexibility index (Phi) is 3.76. The number of carbonyl (C=O) groups is 1. The van der Waals surface area contributed by atoms with Crippen molar-refractivity contribution in [1.82, 2.24) is 9.97 Å². The topological polar surface area (TPSA) is 92.0 Å². The fraction of sp³-hybridized carbons (Fsp3) is 0.556. The molecule has 2 atom stereocenters. The van der Waals surface area contributed by atoms with Gasteiger partial charge in [-0.3, -0.25) is 4.79 Å². The van der Waals surface area contributed by atoms with Gasteiger partial charge in [0.25, 0.3) is 0 Å². The Morgan fingerprint density at radius 3 is 3.00 bits per heavy atom. The van der Waals surface area contributed by atoms with Gasteiger partial charge in [0, 0.05) is 17.6 Å². The van der Waals surface area contributed by atoms with Crippen LogP contribution in [0.1, 0.15) is 20.3 Å². The Morgan fingerprint density at radius 2 is 2.53 bits per heavy atom. The molecule has 1 aromatic rings. The molecule has 15 heavy (non-hydrogen) atoms. The monoisotopic (exact) mass is 229 g/mol. The minimum Gasteiger partial charge on any atom is -0.480 e. The Hall–Kier alpha value is -1.01. The van der Waals surface area contributed by atoms with E-state index >= 15 is 0 Å². The van der Waals surface area contributed by atoms with Crippen LogP contribution in [0.2, 0.25) is 0 Å². The maximum Gasteiger partial charge on any atom is 0.323 e. The van der Waals surface area contributed by atoms with Gasteiger partial charge in [-0.05, 0) is 13.3 Å². The SMILES string of the molecule is CC(CC(C)(N)C(=O)O)Sc1ncc[nH]1. The molecule has 84 valence electrons. The average molecular weight is 229 g/mol. The van der Waals surface area contributed by atoms with Crippen molar-refractivity contribution in [1.29, 1.82) is 0 Å². The molecule has 4 N–H and O–H groups in total. The number of carboxylic acids is 1. The van der Waals surface area contributed by atoms with Crippen LogP contribution in [0.15, 0.2) is 17.6 Å². The number of aliphatic carboxylic acids is 1. The fourth-order valence-corrected chi connectivity index (χ4v) is 2.30. The van der Waals surface area contributed by atoms with Crippen LogP contribution >= 0.6 is 11.8 Å². The zero-order valence-corrected chi connectivity index (χ0v) is 9.54. The van der Waals surface area contributed by atoms with Crippen molar-refractivity contribution < 1.29 is 9.90 Å². The Balaban J connectivity index is 2.49. The zero-order chi connectivity index (χ0) is 11.5. The number of aromatic amines is 1. The van der Waals surface area contributed by atoms with Crippen LogP contribution in [0.4, 0.5) is 0 Å². The molecule has 1 rings (SSSR count). The number of H-pyrrole nitrogens is 1. The van der Waals surface area contributed by atoms with Crippen LogP contribution in [0, 0.1) is 0 Å². The van der Waals surface area contributed by atoms with E-state index in [9.17, 15) is 4.79 Å². The average Bonchev–Trinajstić information content (AvgIpc) is 2.54. The van der Waals surface area contributed by atoms with Crippen LogP contribution < -0.4 is 5.73 Å². The van der Waals surface area contributed by atoms with Crippen LogP contribution in [0.5, 0.6) is 0 Å². The van der Waals surface area contributed by atoms with E-state index in [4.69, 9.17) is 10.8 Å². The van der Waals surface area contributed by atoms with Crippen LogP contribution in [0.25, 0.3) is 0 Å². The van der Waals surface area contributed by atoms with E-state index in [2.05, 4.69) is 9.97 Å². The number of imidazole rings is 1. The number of rotatable bonds is 5. The molecule has 1 heterocycles. The number of hydrogen-bond donors (Lipinski definition) is 3. The molecule has 0 radical (unpaired) electrons. The minimum absolute atomic E-state index is 0.0993.